The van der Waals surface area contributed by atoms with E-state index in [9.17, 15) is 14.7 Å². The van der Waals surface area contributed by atoms with Crippen molar-refractivity contribution < 1.29 is 19.4 Å². The van der Waals surface area contributed by atoms with Crippen LogP contribution in [0.2, 0.25) is 0 Å². The Labute approximate surface area is 262 Å². The maximum atomic E-state index is 12.1. The standard InChI is InChI=1S/C36H48N2O4S/c1-8-28(9-2)29-16-18-32(19-17-29)38(25(3)4)22-26-12-10-14-30(20-26)31-15-11-13-27(21-31)23-43-24-33(34(39)40)37-35(41)42-36(5,6)7/h10-21,25,28,33H,8-9,22-24H2,1-7H3,(H,37,41)(H,39,40)/t33-/m0/s1. The van der Waals surface area contributed by atoms with E-state index in [0.29, 0.717) is 17.7 Å². The van der Waals surface area contributed by atoms with Crippen molar-refractivity contribution in [3.63, 3.8) is 0 Å². The fourth-order valence-electron chi connectivity index (χ4n) is 5.08. The van der Waals surface area contributed by atoms with Crippen LogP contribution in [0, 0.1) is 0 Å². The molecule has 0 aliphatic carbocycles. The fraction of sp³-hybridized carbons (Fsp3) is 0.444. The second-order valence-corrected chi connectivity index (χ2v) is 13.3. The molecule has 6 nitrogen and oxygen atoms in total. The van der Waals surface area contributed by atoms with Crippen LogP contribution in [0.25, 0.3) is 11.1 Å². The number of alkyl carbamates (subject to hydrolysis) is 1. The van der Waals surface area contributed by atoms with Gasteiger partial charge in [-0.3, -0.25) is 0 Å². The summed E-state index contributed by atoms with van der Waals surface area (Å²) >= 11 is 1.47. The van der Waals surface area contributed by atoms with Gasteiger partial charge in [0.15, 0.2) is 0 Å². The summed E-state index contributed by atoms with van der Waals surface area (Å²) in [4.78, 5) is 26.2. The van der Waals surface area contributed by atoms with Crippen molar-refractivity contribution in [2.24, 2.45) is 0 Å². The maximum Gasteiger partial charge on any atom is 0.408 e. The van der Waals surface area contributed by atoms with Crippen molar-refractivity contribution in [3.8, 4) is 11.1 Å². The molecule has 3 aromatic rings. The maximum absolute atomic E-state index is 12.1. The molecule has 0 aliphatic heterocycles. The van der Waals surface area contributed by atoms with Crippen LogP contribution < -0.4 is 10.2 Å². The SMILES string of the molecule is CCC(CC)c1ccc(N(Cc2cccc(-c3cccc(CSC[C@H](NC(=O)OC(C)(C)C)C(=O)O)c3)c2)C(C)C)cc1. The number of carboxylic acids is 1. The molecule has 0 bridgehead atoms. The van der Waals surface area contributed by atoms with E-state index in [2.05, 4.69) is 98.6 Å². The molecule has 0 fully saturated rings. The number of nitrogens with zero attached hydrogens (tertiary/aromatic N) is 1. The molecule has 0 aromatic heterocycles. The van der Waals surface area contributed by atoms with E-state index >= 15 is 0 Å². The molecule has 3 rings (SSSR count). The Morgan fingerprint density at radius 1 is 0.907 bits per heavy atom. The van der Waals surface area contributed by atoms with E-state index in [0.717, 1.165) is 36.1 Å². The zero-order valence-corrected chi connectivity index (χ0v) is 27.5. The number of thioether (sulfide) groups is 1. The second-order valence-electron chi connectivity index (χ2n) is 12.3. The molecule has 0 unspecified atom stereocenters. The molecule has 0 spiro atoms. The fourth-order valence-corrected chi connectivity index (χ4v) is 6.07. The highest BCUT2D eigenvalue weighted by atomic mass is 32.2. The number of benzene rings is 3. The van der Waals surface area contributed by atoms with Crippen LogP contribution in [0.4, 0.5) is 10.5 Å². The number of aliphatic carboxylic acids is 1. The van der Waals surface area contributed by atoms with Crippen molar-refractivity contribution >= 4 is 29.5 Å². The Hall–Kier alpha value is -3.45. The Bertz CT molecular complexity index is 1330. The molecule has 43 heavy (non-hydrogen) atoms. The molecular weight excluding hydrogens is 556 g/mol. The number of amides is 1. The summed E-state index contributed by atoms with van der Waals surface area (Å²) in [5.41, 5.74) is 6.55. The van der Waals surface area contributed by atoms with Crippen LogP contribution >= 0.6 is 11.8 Å². The number of nitrogens with one attached hydrogen (secondary N) is 1. The van der Waals surface area contributed by atoms with E-state index in [-0.39, 0.29) is 5.75 Å². The molecule has 0 saturated carbocycles. The minimum atomic E-state index is -1.08. The predicted molar refractivity (Wildman–Crippen MR) is 180 cm³/mol. The van der Waals surface area contributed by atoms with Gasteiger partial charge in [0.1, 0.15) is 11.6 Å². The Balaban J connectivity index is 1.67. The highest BCUT2D eigenvalue weighted by molar-refractivity contribution is 7.98. The van der Waals surface area contributed by atoms with Crippen molar-refractivity contribution in [3.05, 3.63) is 89.5 Å². The first-order chi connectivity index (χ1) is 20.4. The van der Waals surface area contributed by atoms with Gasteiger partial charge in [-0.1, -0.05) is 68.4 Å². The third-order valence-corrected chi connectivity index (χ3v) is 8.49. The van der Waals surface area contributed by atoms with Crippen molar-refractivity contribution in [1.82, 2.24) is 5.32 Å². The molecular formula is C36H48N2O4S. The molecule has 232 valence electrons. The van der Waals surface area contributed by atoms with Gasteiger partial charge in [-0.2, -0.15) is 11.8 Å². The van der Waals surface area contributed by atoms with Gasteiger partial charge in [0.2, 0.25) is 0 Å². The van der Waals surface area contributed by atoms with E-state index in [1.807, 2.05) is 12.1 Å². The molecule has 1 atom stereocenters. The van der Waals surface area contributed by atoms with Crippen LogP contribution in [0.1, 0.15) is 83.9 Å². The normalized spacial score (nSPS) is 12.3. The number of hydrogen-bond donors (Lipinski definition) is 2. The van der Waals surface area contributed by atoms with Gasteiger partial charge in [-0.15, -0.1) is 0 Å². The van der Waals surface area contributed by atoms with Gasteiger partial charge in [0, 0.05) is 29.8 Å². The van der Waals surface area contributed by atoms with Crippen LogP contribution in [-0.4, -0.2) is 40.6 Å². The van der Waals surface area contributed by atoms with Gasteiger partial charge >= 0.3 is 12.1 Å². The first-order valence-corrected chi connectivity index (χ1v) is 16.4. The highest BCUT2D eigenvalue weighted by Crippen LogP contribution is 2.29. The molecule has 0 heterocycles. The van der Waals surface area contributed by atoms with E-state index in [4.69, 9.17) is 4.74 Å². The highest BCUT2D eigenvalue weighted by Gasteiger charge is 2.24. The minimum absolute atomic E-state index is 0.234. The van der Waals surface area contributed by atoms with Gasteiger partial charge in [0.25, 0.3) is 0 Å². The largest absolute Gasteiger partial charge is 0.480 e. The third-order valence-electron chi connectivity index (χ3n) is 7.39. The number of rotatable bonds is 14. The lowest BCUT2D eigenvalue weighted by atomic mass is 9.94. The first-order valence-electron chi connectivity index (χ1n) is 15.2. The summed E-state index contributed by atoms with van der Waals surface area (Å²) < 4.78 is 5.22. The van der Waals surface area contributed by atoms with Crippen LogP contribution in [0.5, 0.6) is 0 Å². The van der Waals surface area contributed by atoms with Crippen molar-refractivity contribution in [2.45, 2.75) is 97.2 Å². The zero-order valence-electron chi connectivity index (χ0n) is 26.7. The lowest BCUT2D eigenvalue weighted by Gasteiger charge is -2.30. The molecule has 0 radical (unpaired) electrons. The van der Waals surface area contributed by atoms with Crippen molar-refractivity contribution in [1.29, 1.82) is 0 Å². The summed E-state index contributed by atoms with van der Waals surface area (Å²) in [7, 11) is 0. The zero-order chi connectivity index (χ0) is 31.6. The van der Waals surface area contributed by atoms with Gasteiger partial charge < -0.3 is 20.1 Å². The third kappa shape index (κ3) is 10.6. The van der Waals surface area contributed by atoms with Crippen LogP contribution in [0.3, 0.4) is 0 Å². The summed E-state index contributed by atoms with van der Waals surface area (Å²) in [5, 5.41) is 12.0. The predicted octanol–water partition coefficient (Wildman–Crippen LogP) is 8.88. The lowest BCUT2D eigenvalue weighted by Crippen LogP contribution is -2.44. The van der Waals surface area contributed by atoms with Crippen molar-refractivity contribution in [2.75, 3.05) is 10.7 Å². The van der Waals surface area contributed by atoms with Crippen LogP contribution in [0.15, 0.2) is 72.8 Å². The van der Waals surface area contributed by atoms with E-state index in [1.54, 1.807) is 20.8 Å². The topological polar surface area (TPSA) is 78.9 Å². The van der Waals surface area contributed by atoms with Gasteiger partial charge in [0.05, 0.1) is 0 Å². The molecule has 7 heteroatoms. The second kappa shape index (κ2) is 15.9. The Kier molecular flexibility index (Phi) is 12.6. The quantitative estimate of drug-likeness (QED) is 0.191. The average Bonchev–Trinajstić information content (AvgIpc) is 2.95. The van der Waals surface area contributed by atoms with E-state index < -0.39 is 23.7 Å². The molecule has 0 aliphatic rings. The number of ether oxygens (including phenoxy) is 1. The summed E-state index contributed by atoms with van der Waals surface area (Å²) in [6.07, 6.45) is 1.59. The summed E-state index contributed by atoms with van der Waals surface area (Å²) in [6, 6.07) is 25.4. The molecule has 1 amide bonds. The lowest BCUT2D eigenvalue weighted by molar-refractivity contribution is -0.138. The minimum Gasteiger partial charge on any atom is -0.480 e. The van der Waals surface area contributed by atoms with E-state index in [1.165, 1.54) is 28.6 Å². The molecule has 3 aromatic carbocycles. The molecule has 2 N–H and O–H groups in total. The smallest absolute Gasteiger partial charge is 0.408 e. The number of carboxylic acid groups (broad SMARTS) is 1. The first kappa shape index (κ1) is 34.0. The number of anilines is 1. The summed E-state index contributed by atoms with van der Waals surface area (Å²) in [6.45, 7) is 15.0. The number of carbonyl (C=O) groups is 2. The van der Waals surface area contributed by atoms with Gasteiger partial charge in [-0.25, -0.2) is 9.59 Å². The number of hydrogen-bond acceptors (Lipinski definition) is 5. The van der Waals surface area contributed by atoms with Gasteiger partial charge in [-0.05, 0) is 99.4 Å². The Morgan fingerprint density at radius 3 is 2.02 bits per heavy atom. The Morgan fingerprint density at radius 2 is 1.49 bits per heavy atom. The summed E-state index contributed by atoms with van der Waals surface area (Å²) in [5.74, 6) is 0.389. The van der Waals surface area contributed by atoms with Crippen LogP contribution in [-0.2, 0) is 21.8 Å². The molecule has 0 saturated heterocycles. The monoisotopic (exact) mass is 604 g/mol. The average molecular weight is 605 g/mol. The number of carbonyl (C=O) groups excluding carboxylic acids is 1.